The van der Waals surface area contributed by atoms with Crippen LogP contribution in [0.15, 0.2) is 47.6 Å². The molecule has 0 unspecified atom stereocenters. The maximum atomic E-state index is 13.4. The van der Waals surface area contributed by atoms with Gasteiger partial charge in [-0.05, 0) is 62.2 Å². The van der Waals surface area contributed by atoms with Crippen LogP contribution in [0.4, 0.5) is 15.8 Å². The number of benzene rings is 2. The summed E-state index contributed by atoms with van der Waals surface area (Å²) in [5, 5.41) is 14.8. The van der Waals surface area contributed by atoms with E-state index in [0.717, 1.165) is 25.0 Å². The second kappa shape index (κ2) is 10.0. The number of amides is 2. The number of nitrogens with one attached hydrogen (secondary N) is 2. The lowest BCUT2D eigenvalue weighted by molar-refractivity contribution is -0.122. The number of halogens is 1. The van der Waals surface area contributed by atoms with Gasteiger partial charge in [0.1, 0.15) is 11.6 Å². The summed E-state index contributed by atoms with van der Waals surface area (Å²) in [6, 6.07) is 11.2. The molecule has 2 aliphatic heterocycles. The van der Waals surface area contributed by atoms with Crippen molar-refractivity contribution in [3.8, 4) is 17.1 Å². The van der Waals surface area contributed by atoms with Gasteiger partial charge in [0.2, 0.25) is 5.91 Å². The molecule has 2 atom stereocenters. The number of carbonyl (C=O) groups is 2. The quantitative estimate of drug-likeness (QED) is 0.479. The molecule has 5 rings (SSSR count). The fourth-order valence-electron chi connectivity index (χ4n) is 3.98. The molecule has 0 spiro atoms. The van der Waals surface area contributed by atoms with Crippen LogP contribution in [0, 0.1) is 5.82 Å². The highest BCUT2D eigenvalue weighted by molar-refractivity contribution is 7.99. The largest absolute Gasteiger partial charge is 0.479 e. The van der Waals surface area contributed by atoms with E-state index < -0.39 is 6.10 Å². The second-order valence-corrected chi connectivity index (χ2v) is 9.30. The molecule has 0 radical (unpaired) electrons. The van der Waals surface area contributed by atoms with Crippen molar-refractivity contribution < 1.29 is 23.5 Å². The molecule has 2 amide bonds. The van der Waals surface area contributed by atoms with E-state index in [1.807, 2.05) is 4.57 Å². The first-order chi connectivity index (χ1) is 17.0. The lowest BCUT2D eigenvalue weighted by Gasteiger charge is -2.23. The highest BCUT2D eigenvalue weighted by Crippen LogP contribution is 2.32. The molecular formula is C24H24FN5O4S. The van der Waals surface area contributed by atoms with E-state index in [1.54, 1.807) is 37.3 Å². The van der Waals surface area contributed by atoms with Crippen molar-refractivity contribution in [2.75, 3.05) is 23.0 Å². The number of rotatable bonds is 7. The summed E-state index contributed by atoms with van der Waals surface area (Å²) < 4.78 is 26.7. The zero-order valence-electron chi connectivity index (χ0n) is 19.0. The van der Waals surface area contributed by atoms with E-state index in [4.69, 9.17) is 9.47 Å². The van der Waals surface area contributed by atoms with Crippen molar-refractivity contribution >= 4 is 35.0 Å². The van der Waals surface area contributed by atoms with E-state index in [0.29, 0.717) is 34.6 Å². The Balaban J connectivity index is 1.28. The first kappa shape index (κ1) is 23.3. The third-order valence-electron chi connectivity index (χ3n) is 5.76. The molecule has 1 aromatic heterocycles. The summed E-state index contributed by atoms with van der Waals surface area (Å²) in [4.78, 5) is 24.5. The third-order valence-corrected chi connectivity index (χ3v) is 6.72. The minimum atomic E-state index is -0.564. The van der Waals surface area contributed by atoms with Gasteiger partial charge in [-0.25, -0.2) is 4.39 Å². The summed E-state index contributed by atoms with van der Waals surface area (Å²) in [6.45, 7) is 2.94. The smallest absolute Gasteiger partial charge is 0.265 e. The maximum Gasteiger partial charge on any atom is 0.265 e. The summed E-state index contributed by atoms with van der Waals surface area (Å²) in [5.41, 5.74) is 1.79. The number of nitrogens with zero attached hydrogens (tertiary/aromatic N) is 3. The van der Waals surface area contributed by atoms with Gasteiger partial charge in [-0.3, -0.25) is 14.2 Å². The van der Waals surface area contributed by atoms with Gasteiger partial charge in [-0.15, -0.1) is 10.2 Å². The molecule has 35 heavy (non-hydrogen) atoms. The normalized spacial score (nSPS) is 19.1. The average molecular weight is 498 g/mol. The van der Waals surface area contributed by atoms with Crippen LogP contribution in [0.2, 0.25) is 0 Å². The molecule has 11 heteroatoms. The Labute approximate surface area is 205 Å². The number of hydrogen-bond acceptors (Lipinski definition) is 7. The van der Waals surface area contributed by atoms with Crippen molar-refractivity contribution in [3.05, 3.63) is 48.3 Å². The Morgan fingerprint density at radius 1 is 1.26 bits per heavy atom. The van der Waals surface area contributed by atoms with Crippen LogP contribution in [-0.2, 0) is 20.9 Å². The predicted molar refractivity (Wildman–Crippen MR) is 129 cm³/mol. The molecule has 182 valence electrons. The Morgan fingerprint density at radius 3 is 2.86 bits per heavy atom. The van der Waals surface area contributed by atoms with E-state index in [1.165, 1.54) is 23.9 Å². The number of fused-ring (bicyclic) bond motifs is 1. The van der Waals surface area contributed by atoms with E-state index in [-0.39, 0.29) is 29.5 Å². The molecule has 2 aromatic carbocycles. The Hall–Kier alpha value is -3.44. The molecular weight excluding hydrogens is 473 g/mol. The van der Waals surface area contributed by atoms with Gasteiger partial charge in [-0.1, -0.05) is 11.8 Å². The van der Waals surface area contributed by atoms with Gasteiger partial charge in [0.05, 0.1) is 24.1 Å². The zero-order valence-corrected chi connectivity index (χ0v) is 19.8. The van der Waals surface area contributed by atoms with Gasteiger partial charge < -0.3 is 20.1 Å². The maximum absolute atomic E-state index is 13.4. The molecule has 1 saturated heterocycles. The number of ether oxygens (including phenoxy) is 2. The van der Waals surface area contributed by atoms with Crippen molar-refractivity contribution in [2.45, 2.75) is 43.7 Å². The summed E-state index contributed by atoms with van der Waals surface area (Å²) in [6.07, 6.45) is 1.40. The average Bonchev–Trinajstić information content (AvgIpc) is 3.50. The lowest BCUT2D eigenvalue weighted by Crippen LogP contribution is -2.34. The van der Waals surface area contributed by atoms with Crippen molar-refractivity contribution in [1.29, 1.82) is 0 Å². The molecule has 0 bridgehead atoms. The summed E-state index contributed by atoms with van der Waals surface area (Å²) in [7, 11) is 0. The monoisotopic (exact) mass is 497 g/mol. The third kappa shape index (κ3) is 5.30. The number of anilines is 2. The first-order valence-electron chi connectivity index (χ1n) is 11.3. The van der Waals surface area contributed by atoms with Gasteiger partial charge in [0, 0.05) is 17.9 Å². The van der Waals surface area contributed by atoms with E-state index >= 15 is 0 Å². The van der Waals surface area contributed by atoms with Crippen LogP contribution >= 0.6 is 11.8 Å². The van der Waals surface area contributed by atoms with Crippen LogP contribution in [0.3, 0.4) is 0 Å². The van der Waals surface area contributed by atoms with Crippen molar-refractivity contribution in [1.82, 2.24) is 14.8 Å². The Morgan fingerprint density at radius 2 is 2.09 bits per heavy atom. The SMILES string of the molecule is C[C@@H]1Oc2ccc(NC(=O)CSc3nnc(-c4ccc(F)cc4)n3C[C@@H]3CCCO3)cc2NC1=O. The fourth-order valence-corrected chi connectivity index (χ4v) is 4.73. The molecule has 2 aliphatic rings. The number of carbonyl (C=O) groups excluding carboxylic acids is 2. The van der Waals surface area contributed by atoms with Crippen molar-refractivity contribution in [3.63, 3.8) is 0 Å². The van der Waals surface area contributed by atoms with Crippen LogP contribution in [-0.4, -0.2) is 51.1 Å². The highest BCUT2D eigenvalue weighted by atomic mass is 32.2. The first-order valence-corrected chi connectivity index (χ1v) is 12.3. The standard InChI is InChI=1S/C24H24FN5O4S/c1-14-23(32)27-19-11-17(8-9-20(19)34-14)26-21(31)13-35-24-29-28-22(15-4-6-16(25)7-5-15)30(24)12-18-3-2-10-33-18/h4-9,11,14,18H,2-3,10,12-13H2,1H3,(H,26,31)(H,27,32)/t14-,18-/m0/s1. The minimum absolute atomic E-state index is 0.0361. The number of thioether (sulfide) groups is 1. The number of aromatic nitrogens is 3. The van der Waals surface area contributed by atoms with Crippen LogP contribution in [0.1, 0.15) is 19.8 Å². The molecule has 2 N–H and O–H groups in total. The van der Waals surface area contributed by atoms with Crippen LogP contribution < -0.4 is 15.4 Å². The second-order valence-electron chi connectivity index (χ2n) is 8.36. The summed E-state index contributed by atoms with van der Waals surface area (Å²) >= 11 is 1.26. The number of hydrogen-bond donors (Lipinski definition) is 2. The molecule has 3 heterocycles. The topological polar surface area (TPSA) is 107 Å². The fraction of sp³-hybridized carbons (Fsp3) is 0.333. The predicted octanol–water partition coefficient (Wildman–Crippen LogP) is 3.71. The lowest BCUT2D eigenvalue weighted by atomic mass is 10.2. The van der Waals surface area contributed by atoms with Crippen LogP contribution in [0.5, 0.6) is 5.75 Å². The van der Waals surface area contributed by atoms with Crippen molar-refractivity contribution in [2.24, 2.45) is 0 Å². The Bertz CT molecular complexity index is 1240. The molecule has 3 aromatic rings. The van der Waals surface area contributed by atoms with Crippen LogP contribution in [0.25, 0.3) is 11.4 Å². The highest BCUT2D eigenvalue weighted by Gasteiger charge is 2.24. The van der Waals surface area contributed by atoms with E-state index in [9.17, 15) is 14.0 Å². The Kier molecular flexibility index (Phi) is 6.69. The summed E-state index contributed by atoms with van der Waals surface area (Å²) in [5.74, 6) is 0.459. The minimum Gasteiger partial charge on any atom is -0.479 e. The molecule has 0 saturated carbocycles. The molecule has 0 aliphatic carbocycles. The van der Waals surface area contributed by atoms with Gasteiger partial charge in [0.15, 0.2) is 17.1 Å². The zero-order chi connectivity index (χ0) is 24.4. The van der Waals surface area contributed by atoms with Gasteiger partial charge >= 0.3 is 0 Å². The van der Waals surface area contributed by atoms with E-state index in [2.05, 4.69) is 20.8 Å². The molecule has 9 nitrogen and oxygen atoms in total. The van der Waals surface area contributed by atoms with Gasteiger partial charge in [-0.2, -0.15) is 0 Å². The molecule has 1 fully saturated rings. The van der Waals surface area contributed by atoms with Gasteiger partial charge in [0.25, 0.3) is 5.91 Å².